The van der Waals surface area contributed by atoms with Gasteiger partial charge in [-0.2, -0.15) is 4.68 Å². The summed E-state index contributed by atoms with van der Waals surface area (Å²) in [5, 5.41) is 8.79. The highest BCUT2D eigenvalue weighted by Gasteiger charge is 2.15. The highest BCUT2D eigenvalue weighted by molar-refractivity contribution is 7.13. The van der Waals surface area contributed by atoms with Crippen LogP contribution in [-0.2, 0) is 11.3 Å². The van der Waals surface area contributed by atoms with Gasteiger partial charge in [-0.15, -0.1) is 16.4 Å². The van der Waals surface area contributed by atoms with Gasteiger partial charge in [0.1, 0.15) is 6.54 Å². The van der Waals surface area contributed by atoms with Crippen LogP contribution >= 0.6 is 11.3 Å². The molecule has 0 fully saturated rings. The summed E-state index contributed by atoms with van der Waals surface area (Å²) in [6, 6.07) is 7.65. The minimum absolute atomic E-state index is 0.194. The Hall–Kier alpha value is -2.67. The Balaban J connectivity index is 1.78. The zero-order valence-corrected chi connectivity index (χ0v) is 14.4. The maximum absolute atomic E-state index is 12.3. The standard InChI is InChI=1S/C17H17N3O3S/c1-10-7-11(2)15(12(3)8-10)18-14(21)9-20-17(22)23-16(19-20)13-5-4-6-24-13/h4-8H,9H2,1-3H3,(H,18,21). The zero-order chi connectivity index (χ0) is 17.3. The monoisotopic (exact) mass is 343 g/mol. The van der Waals surface area contributed by atoms with Crippen LogP contribution in [0.25, 0.3) is 10.8 Å². The molecule has 0 aliphatic heterocycles. The van der Waals surface area contributed by atoms with E-state index in [-0.39, 0.29) is 18.3 Å². The van der Waals surface area contributed by atoms with E-state index in [0.717, 1.165) is 31.9 Å². The molecule has 7 heteroatoms. The number of rotatable bonds is 4. The van der Waals surface area contributed by atoms with Crippen molar-refractivity contribution in [2.45, 2.75) is 27.3 Å². The molecule has 6 nitrogen and oxygen atoms in total. The molecular weight excluding hydrogens is 326 g/mol. The third-order valence-corrected chi connectivity index (χ3v) is 4.43. The molecule has 0 aliphatic rings. The van der Waals surface area contributed by atoms with E-state index < -0.39 is 5.76 Å². The first-order valence-electron chi connectivity index (χ1n) is 7.43. The molecule has 124 valence electrons. The Kier molecular flexibility index (Phi) is 4.35. The van der Waals surface area contributed by atoms with Gasteiger partial charge in [0.05, 0.1) is 4.88 Å². The topological polar surface area (TPSA) is 77.1 Å². The summed E-state index contributed by atoms with van der Waals surface area (Å²) >= 11 is 1.42. The van der Waals surface area contributed by atoms with E-state index in [9.17, 15) is 9.59 Å². The number of aromatic nitrogens is 2. The Morgan fingerprint density at radius 3 is 2.62 bits per heavy atom. The third-order valence-electron chi connectivity index (χ3n) is 3.57. The predicted molar refractivity (Wildman–Crippen MR) is 93.4 cm³/mol. The molecule has 0 bridgehead atoms. The summed E-state index contributed by atoms with van der Waals surface area (Å²) < 4.78 is 6.13. The fourth-order valence-corrected chi connectivity index (χ4v) is 3.24. The molecule has 1 N–H and O–H groups in total. The summed E-state index contributed by atoms with van der Waals surface area (Å²) in [6.45, 7) is 5.69. The number of aryl methyl sites for hydroxylation is 3. The Labute approximate surface area is 142 Å². The van der Waals surface area contributed by atoms with Crippen molar-refractivity contribution >= 4 is 22.9 Å². The molecule has 2 heterocycles. The lowest BCUT2D eigenvalue weighted by atomic mass is 10.1. The van der Waals surface area contributed by atoms with Crippen molar-refractivity contribution in [3.63, 3.8) is 0 Å². The van der Waals surface area contributed by atoms with Gasteiger partial charge in [0.2, 0.25) is 5.91 Å². The van der Waals surface area contributed by atoms with E-state index in [1.165, 1.54) is 11.3 Å². The van der Waals surface area contributed by atoms with Crippen molar-refractivity contribution in [1.82, 2.24) is 9.78 Å². The van der Waals surface area contributed by atoms with Gasteiger partial charge in [-0.1, -0.05) is 23.8 Å². The molecule has 0 aliphatic carbocycles. The second-order valence-corrected chi connectivity index (χ2v) is 6.58. The summed E-state index contributed by atoms with van der Waals surface area (Å²) in [5.41, 5.74) is 3.86. The molecule has 0 radical (unpaired) electrons. The van der Waals surface area contributed by atoms with Gasteiger partial charge in [-0.3, -0.25) is 4.79 Å². The predicted octanol–water partition coefficient (Wildman–Crippen LogP) is 3.13. The molecular formula is C17H17N3O3S. The molecule has 0 atom stereocenters. The first-order valence-corrected chi connectivity index (χ1v) is 8.31. The van der Waals surface area contributed by atoms with E-state index >= 15 is 0 Å². The molecule has 24 heavy (non-hydrogen) atoms. The average Bonchev–Trinajstić information content (AvgIpc) is 3.13. The lowest BCUT2D eigenvalue weighted by Gasteiger charge is -2.12. The molecule has 0 saturated carbocycles. The molecule has 0 unspecified atom stereocenters. The quantitative estimate of drug-likeness (QED) is 0.789. The molecule has 2 aromatic heterocycles. The molecule has 3 rings (SSSR count). The minimum atomic E-state index is -0.647. The normalized spacial score (nSPS) is 10.8. The van der Waals surface area contributed by atoms with Crippen LogP contribution in [0.3, 0.4) is 0 Å². The number of carbonyl (C=O) groups is 1. The smallest absolute Gasteiger partial charge is 0.387 e. The number of benzene rings is 1. The number of anilines is 1. The van der Waals surface area contributed by atoms with E-state index in [1.807, 2.05) is 44.4 Å². The number of hydrogen-bond acceptors (Lipinski definition) is 5. The number of nitrogens with zero attached hydrogens (tertiary/aromatic N) is 2. The van der Waals surface area contributed by atoms with Crippen LogP contribution in [0.1, 0.15) is 16.7 Å². The molecule has 1 amide bonds. The van der Waals surface area contributed by atoms with Crippen LogP contribution in [0, 0.1) is 20.8 Å². The number of thiophene rings is 1. The minimum Gasteiger partial charge on any atom is -0.387 e. The Morgan fingerprint density at radius 1 is 1.29 bits per heavy atom. The molecule has 1 aromatic carbocycles. The van der Waals surface area contributed by atoms with Crippen molar-refractivity contribution in [3.8, 4) is 10.8 Å². The number of hydrogen-bond donors (Lipinski definition) is 1. The highest BCUT2D eigenvalue weighted by Crippen LogP contribution is 2.22. The lowest BCUT2D eigenvalue weighted by molar-refractivity contribution is -0.117. The second-order valence-electron chi connectivity index (χ2n) is 5.63. The van der Waals surface area contributed by atoms with Crippen molar-refractivity contribution in [2.75, 3.05) is 5.32 Å². The Bertz CT molecular complexity index is 915. The van der Waals surface area contributed by atoms with Crippen molar-refractivity contribution in [1.29, 1.82) is 0 Å². The molecule has 0 spiro atoms. The largest absolute Gasteiger partial charge is 0.437 e. The van der Waals surface area contributed by atoms with Crippen molar-refractivity contribution in [3.05, 3.63) is 56.9 Å². The highest BCUT2D eigenvalue weighted by atomic mass is 32.1. The SMILES string of the molecule is Cc1cc(C)c(NC(=O)Cn2nc(-c3cccs3)oc2=O)c(C)c1. The lowest BCUT2D eigenvalue weighted by Crippen LogP contribution is -2.26. The number of carbonyl (C=O) groups excluding carboxylic acids is 1. The van der Waals surface area contributed by atoms with Crippen molar-refractivity contribution < 1.29 is 9.21 Å². The number of amides is 1. The van der Waals surface area contributed by atoms with Gasteiger partial charge in [0.15, 0.2) is 0 Å². The zero-order valence-electron chi connectivity index (χ0n) is 13.6. The van der Waals surface area contributed by atoms with Crippen LogP contribution in [0.4, 0.5) is 5.69 Å². The van der Waals surface area contributed by atoms with Gasteiger partial charge in [0.25, 0.3) is 5.89 Å². The summed E-state index contributed by atoms with van der Waals surface area (Å²) in [6.07, 6.45) is 0. The second kappa shape index (κ2) is 6.45. The van der Waals surface area contributed by atoms with Crippen LogP contribution in [0.15, 0.2) is 38.9 Å². The fourth-order valence-electron chi connectivity index (χ4n) is 2.60. The van der Waals surface area contributed by atoms with Gasteiger partial charge in [-0.05, 0) is 43.3 Å². The van der Waals surface area contributed by atoms with E-state index in [0.29, 0.717) is 0 Å². The van der Waals surface area contributed by atoms with Crippen LogP contribution in [0.2, 0.25) is 0 Å². The molecule has 3 aromatic rings. The first-order chi connectivity index (χ1) is 11.4. The van der Waals surface area contributed by atoms with E-state index in [4.69, 9.17) is 4.42 Å². The van der Waals surface area contributed by atoms with E-state index in [2.05, 4.69) is 10.4 Å². The summed E-state index contributed by atoms with van der Waals surface area (Å²) in [5.74, 6) is -0.741. The first kappa shape index (κ1) is 16.2. The maximum atomic E-state index is 12.3. The average molecular weight is 343 g/mol. The van der Waals surface area contributed by atoms with Gasteiger partial charge < -0.3 is 9.73 Å². The molecule has 0 saturated heterocycles. The summed E-state index contributed by atoms with van der Waals surface area (Å²) in [7, 11) is 0. The Morgan fingerprint density at radius 2 is 2.00 bits per heavy atom. The van der Waals surface area contributed by atoms with Crippen LogP contribution in [0.5, 0.6) is 0 Å². The summed E-state index contributed by atoms with van der Waals surface area (Å²) in [4.78, 5) is 24.9. The van der Waals surface area contributed by atoms with Crippen molar-refractivity contribution in [2.24, 2.45) is 0 Å². The number of nitrogens with one attached hydrogen (secondary N) is 1. The van der Waals surface area contributed by atoms with Crippen LogP contribution < -0.4 is 11.1 Å². The third kappa shape index (κ3) is 3.30. The van der Waals surface area contributed by atoms with Gasteiger partial charge in [0, 0.05) is 5.69 Å². The van der Waals surface area contributed by atoms with E-state index in [1.54, 1.807) is 6.07 Å². The van der Waals surface area contributed by atoms with Crippen LogP contribution in [-0.4, -0.2) is 15.7 Å². The maximum Gasteiger partial charge on any atom is 0.437 e. The van der Waals surface area contributed by atoms with Gasteiger partial charge >= 0.3 is 5.76 Å². The van der Waals surface area contributed by atoms with Gasteiger partial charge in [-0.25, -0.2) is 4.79 Å². The fraction of sp³-hybridized carbons (Fsp3) is 0.235.